The van der Waals surface area contributed by atoms with Crippen LogP contribution in [0.25, 0.3) is 0 Å². The van der Waals surface area contributed by atoms with Crippen LogP contribution in [-0.4, -0.2) is 20.1 Å². The summed E-state index contributed by atoms with van der Waals surface area (Å²) in [5.74, 6) is 0. The van der Waals surface area contributed by atoms with Gasteiger partial charge in [-0.1, -0.05) is 29.8 Å². The molecule has 0 bridgehead atoms. The molecule has 0 aliphatic carbocycles. The van der Waals surface area contributed by atoms with E-state index in [4.69, 9.17) is 0 Å². The first-order valence-corrected chi connectivity index (χ1v) is 5.10. The molecule has 2 N–H and O–H groups in total. The van der Waals surface area contributed by atoms with Gasteiger partial charge in [0.2, 0.25) is 0 Å². The number of rotatable bonds is 0. The molecule has 0 unspecified atom stereocenters. The average molecular weight is 174 g/mol. The fourth-order valence-electron chi connectivity index (χ4n) is 1.05. The van der Waals surface area contributed by atoms with Crippen LogP contribution in [0.1, 0.15) is 20.7 Å². The fourth-order valence-corrected chi connectivity index (χ4v) is 2.80. The molecule has 0 spiro atoms. The van der Waals surface area contributed by atoms with Crippen LogP contribution in [0, 0.1) is 0 Å². The van der Waals surface area contributed by atoms with E-state index in [1.807, 2.05) is 0 Å². The van der Waals surface area contributed by atoms with Crippen LogP contribution in [-0.2, 0) is 0 Å². The second kappa shape index (κ2) is 8.16. The Kier molecular flexibility index (Phi) is 12.4. The Morgan fingerprint density at radius 1 is 1.11 bits per heavy atom. The van der Waals surface area contributed by atoms with Crippen LogP contribution >= 0.6 is 0 Å². The summed E-state index contributed by atoms with van der Waals surface area (Å²) >= 11 is -1.59. The first kappa shape index (κ1) is 13.6. The number of hydrogen-bond donors (Lipinski definition) is 0. The van der Waals surface area contributed by atoms with E-state index in [1.165, 1.54) is 19.3 Å². The maximum atomic E-state index is 12.3. The molecule has 1 rings (SSSR count). The number of hydrogen-bond acceptors (Lipinski definition) is 0. The largest absolute Gasteiger partial charge is 1.00 e. The Morgan fingerprint density at radius 2 is 1.56 bits per heavy atom. The van der Waals surface area contributed by atoms with E-state index in [0.717, 1.165) is 10.6 Å². The molecule has 0 radical (unpaired) electrons. The third-order valence-electron chi connectivity index (χ3n) is 1.53. The first-order valence-electron chi connectivity index (χ1n) is 3.03. The second-order valence-electron chi connectivity index (χ2n) is 2.24. The Morgan fingerprint density at radius 3 is 1.78 bits per heavy atom. The van der Waals surface area contributed by atoms with E-state index in [9.17, 15) is 3.52 Å². The van der Waals surface area contributed by atoms with Gasteiger partial charge in [0.15, 0.2) is 0 Å². The molecule has 50 valence electrons. The van der Waals surface area contributed by atoms with Crippen molar-refractivity contribution in [3.63, 3.8) is 0 Å². The molecule has 0 saturated carbocycles. The molecule has 4 heteroatoms. The molecule has 1 aliphatic rings. The van der Waals surface area contributed by atoms with Crippen LogP contribution < -0.4 is 51.4 Å². The van der Waals surface area contributed by atoms with Crippen molar-refractivity contribution in [2.24, 2.45) is 0 Å². The van der Waals surface area contributed by atoms with Crippen molar-refractivity contribution in [3.8, 4) is 0 Å². The molecule has 1 nitrogen and oxygen atoms in total. The predicted molar refractivity (Wildman–Crippen MR) is 35.1 cm³/mol. The summed E-state index contributed by atoms with van der Waals surface area (Å²) < 4.78 is 12.3. The van der Waals surface area contributed by atoms with Gasteiger partial charge in [0, 0.05) is 0 Å². The van der Waals surface area contributed by atoms with Gasteiger partial charge in [0.25, 0.3) is 0 Å². The summed E-state index contributed by atoms with van der Waals surface area (Å²) in [7, 11) is 0. The molecule has 1 heterocycles. The van der Waals surface area contributed by atoms with E-state index in [2.05, 4.69) is 0 Å². The zero-order chi connectivity index (χ0) is 5.11. The minimum absolute atomic E-state index is 0. The monoisotopic (exact) mass is 174 g/mol. The SMILES string of the molecule is O.[F][Al]1[CH2]CCC[CH2]1.[H-].[K+]. The molecule has 9 heavy (non-hydrogen) atoms. The third kappa shape index (κ3) is 6.46. The van der Waals surface area contributed by atoms with E-state index in [-0.39, 0.29) is 58.3 Å². The van der Waals surface area contributed by atoms with Crippen molar-refractivity contribution < 1.29 is 61.8 Å². The van der Waals surface area contributed by atoms with Crippen LogP contribution in [0.3, 0.4) is 0 Å². The topological polar surface area (TPSA) is 31.5 Å². The minimum atomic E-state index is -1.59. The fraction of sp³-hybridized carbons (Fsp3) is 1.00. The van der Waals surface area contributed by atoms with Gasteiger partial charge >= 0.3 is 66.0 Å². The Labute approximate surface area is 104 Å². The molecular formula is C5H13AlFKO. The normalized spacial score (nSPS) is 17.7. The molecule has 1 saturated heterocycles. The number of halogens is 1. The first-order chi connectivity index (χ1) is 3.39. The zero-order valence-corrected chi connectivity index (χ0v) is 10.3. The van der Waals surface area contributed by atoms with Crippen LogP contribution in [0.2, 0.25) is 10.6 Å². The van der Waals surface area contributed by atoms with Crippen molar-refractivity contribution in [3.05, 3.63) is 0 Å². The molecule has 0 aromatic rings. The van der Waals surface area contributed by atoms with Gasteiger partial charge in [0.1, 0.15) is 0 Å². The molecular weight excluding hydrogens is 161 g/mol. The van der Waals surface area contributed by atoms with Crippen LogP contribution in [0.4, 0.5) is 3.52 Å². The van der Waals surface area contributed by atoms with Crippen molar-refractivity contribution in [1.82, 2.24) is 0 Å². The summed E-state index contributed by atoms with van der Waals surface area (Å²) in [6.07, 6.45) is 3.63. The van der Waals surface area contributed by atoms with Crippen LogP contribution in [0.5, 0.6) is 0 Å². The Hall–Kier alpha value is 2.06. The quantitative estimate of drug-likeness (QED) is 0.397. The van der Waals surface area contributed by atoms with E-state index in [1.54, 1.807) is 0 Å². The van der Waals surface area contributed by atoms with Crippen molar-refractivity contribution >= 4 is 14.6 Å². The maximum absolute atomic E-state index is 12.3. The van der Waals surface area contributed by atoms with Gasteiger partial charge in [-0.3, -0.25) is 0 Å². The molecule has 0 aromatic carbocycles. The average Bonchev–Trinajstić information content (AvgIpc) is 1.69. The summed E-state index contributed by atoms with van der Waals surface area (Å²) in [6.45, 7) is 0. The van der Waals surface area contributed by atoms with Gasteiger partial charge in [-0.05, 0) is 0 Å². The van der Waals surface area contributed by atoms with Gasteiger partial charge in [-0.15, -0.1) is 0 Å². The van der Waals surface area contributed by atoms with Gasteiger partial charge < -0.3 is 10.4 Å². The van der Waals surface area contributed by atoms with E-state index in [0.29, 0.717) is 0 Å². The zero-order valence-electron chi connectivity index (χ0n) is 6.99. The summed E-state index contributed by atoms with van der Waals surface area (Å²) in [4.78, 5) is 0. The molecule has 1 fully saturated rings. The van der Waals surface area contributed by atoms with Gasteiger partial charge in [-0.25, -0.2) is 0 Å². The predicted octanol–water partition coefficient (Wildman–Crippen LogP) is -1.58. The van der Waals surface area contributed by atoms with Crippen LogP contribution in [0.15, 0.2) is 0 Å². The smallest absolute Gasteiger partial charge is 1.00 e. The molecule has 1 aliphatic heterocycles. The molecule has 0 aromatic heterocycles. The summed E-state index contributed by atoms with van der Waals surface area (Å²) in [6, 6.07) is 0. The summed E-state index contributed by atoms with van der Waals surface area (Å²) in [5, 5.41) is 1.92. The Balaban J connectivity index is -0.000000163. The third-order valence-corrected chi connectivity index (χ3v) is 3.60. The summed E-state index contributed by atoms with van der Waals surface area (Å²) in [5.41, 5.74) is 0. The maximum Gasteiger partial charge on any atom is 1.00 e. The second-order valence-corrected chi connectivity index (χ2v) is 4.58. The molecule has 0 amide bonds. The molecule has 0 atom stereocenters. The van der Waals surface area contributed by atoms with Crippen molar-refractivity contribution in [2.45, 2.75) is 29.8 Å². The van der Waals surface area contributed by atoms with Crippen molar-refractivity contribution in [2.75, 3.05) is 0 Å². The standard InChI is InChI=1S/C5H10.Al.FH.K.H2O.H/c1-3-5-4-2;;;;;/h1-5H2;;1H;;1H2;/q;+1;;+1;;-1/p-1. The van der Waals surface area contributed by atoms with Gasteiger partial charge in [-0.2, -0.15) is 0 Å². The van der Waals surface area contributed by atoms with Gasteiger partial charge in [0.05, 0.1) is 0 Å². The minimum Gasteiger partial charge on any atom is -1.00 e. The van der Waals surface area contributed by atoms with E-state index >= 15 is 0 Å². The Bertz CT molecular complexity index is 63.6. The van der Waals surface area contributed by atoms with Crippen molar-refractivity contribution in [1.29, 1.82) is 0 Å². The van der Waals surface area contributed by atoms with E-state index < -0.39 is 14.6 Å².